The van der Waals surface area contributed by atoms with Crippen molar-refractivity contribution >= 4 is 29.0 Å². The molecule has 0 radical (unpaired) electrons. The van der Waals surface area contributed by atoms with Gasteiger partial charge in [-0.05, 0) is 36.3 Å². The topological polar surface area (TPSA) is 77.0 Å². The van der Waals surface area contributed by atoms with Crippen molar-refractivity contribution in [2.75, 3.05) is 18.9 Å². The lowest BCUT2D eigenvalue weighted by molar-refractivity contribution is -0.131. The lowest BCUT2D eigenvalue weighted by atomic mass is 10.1. The summed E-state index contributed by atoms with van der Waals surface area (Å²) < 4.78 is 1.48. The van der Waals surface area contributed by atoms with Crippen LogP contribution in [0.1, 0.15) is 30.1 Å². The summed E-state index contributed by atoms with van der Waals surface area (Å²) in [5.74, 6) is 6.98. The summed E-state index contributed by atoms with van der Waals surface area (Å²) in [6, 6.07) is 13.7. The van der Waals surface area contributed by atoms with E-state index in [0.717, 1.165) is 36.4 Å². The largest absolute Gasteiger partial charge is 0.341 e. The number of amides is 1. The quantitative estimate of drug-likeness (QED) is 0.524. The highest BCUT2D eigenvalue weighted by molar-refractivity contribution is 8.00. The molecule has 27 heavy (non-hydrogen) atoms. The molecular formula is C19H21N5OS2. The van der Waals surface area contributed by atoms with Crippen molar-refractivity contribution in [1.82, 2.24) is 19.8 Å². The Bertz CT molecular complexity index is 888. The number of nitrogen functional groups attached to an aromatic ring is 1. The van der Waals surface area contributed by atoms with Gasteiger partial charge in [0, 0.05) is 13.1 Å². The summed E-state index contributed by atoms with van der Waals surface area (Å²) in [7, 11) is 0. The third-order valence-electron chi connectivity index (χ3n) is 4.62. The van der Waals surface area contributed by atoms with Crippen molar-refractivity contribution in [3.8, 4) is 10.7 Å². The van der Waals surface area contributed by atoms with E-state index >= 15 is 0 Å². The molecule has 1 amide bonds. The number of nitrogens with zero attached hydrogens (tertiary/aromatic N) is 4. The first-order valence-corrected chi connectivity index (χ1v) is 10.7. The number of carbonyl (C=O) groups is 1. The lowest BCUT2D eigenvalue weighted by Gasteiger charge is -2.30. The second-order valence-corrected chi connectivity index (χ2v) is 8.47. The summed E-state index contributed by atoms with van der Waals surface area (Å²) >= 11 is 2.93. The van der Waals surface area contributed by atoms with E-state index in [1.54, 1.807) is 11.3 Å². The Morgan fingerprint density at radius 1 is 1.07 bits per heavy atom. The monoisotopic (exact) mass is 399 g/mol. The van der Waals surface area contributed by atoms with Gasteiger partial charge in [-0.1, -0.05) is 48.2 Å². The molecule has 0 unspecified atom stereocenters. The Morgan fingerprint density at radius 3 is 2.56 bits per heavy atom. The minimum absolute atomic E-state index is 0.117. The number of likely N-dealkylation sites (tertiary alicyclic amines) is 1. The zero-order valence-corrected chi connectivity index (χ0v) is 16.5. The first-order valence-electron chi connectivity index (χ1n) is 8.99. The van der Waals surface area contributed by atoms with Crippen LogP contribution in [0.25, 0.3) is 10.7 Å². The van der Waals surface area contributed by atoms with E-state index in [2.05, 4.69) is 10.2 Å². The molecule has 0 saturated carbocycles. The smallest absolute Gasteiger partial charge is 0.240 e. The van der Waals surface area contributed by atoms with Crippen LogP contribution >= 0.6 is 23.1 Å². The van der Waals surface area contributed by atoms with E-state index in [1.807, 2.05) is 52.7 Å². The van der Waals surface area contributed by atoms with Crippen LogP contribution in [-0.4, -0.2) is 38.8 Å². The van der Waals surface area contributed by atoms with Gasteiger partial charge in [-0.2, -0.15) is 0 Å². The molecule has 140 valence electrons. The number of thiophene rings is 1. The van der Waals surface area contributed by atoms with Crippen LogP contribution in [0.2, 0.25) is 0 Å². The summed E-state index contributed by atoms with van der Waals surface area (Å²) in [6.45, 7) is 1.64. The van der Waals surface area contributed by atoms with Gasteiger partial charge in [0.2, 0.25) is 11.1 Å². The summed E-state index contributed by atoms with van der Waals surface area (Å²) in [5, 5.41) is 10.6. The molecule has 4 rings (SSSR count). The van der Waals surface area contributed by atoms with E-state index in [1.165, 1.54) is 22.9 Å². The maximum Gasteiger partial charge on any atom is 0.240 e. The third kappa shape index (κ3) is 3.86. The van der Waals surface area contributed by atoms with Gasteiger partial charge < -0.3 is 10.7 Å². The van der Waals surface area contributed by atoms with E-state index in [4.69, 9.17) is 5.84 Å². The Hall–Kier alpha value is -2.32. The van der Waals surface area contributed by atoms with E-state index in [9.17, 15) is 4.79 Å². The first-order chi connectivity index (χ1) is 13.2. The van der Waals surface area contributed by atoms with Crippen molar-refractivity contribution in [3.63, 3.8) is 0 Å². The van der Waals surface area contributed by atoms with Gasteiger partial charge in [0.1, 0.15) is 5.25 Å². The molecule has 8 heteroatoms. The van der Waals surface area contributed by atoms with Gasteiger partial charge in [-0.25, -0.2) is 4.68 Å². The molecule has 3 heterocycles. The fourth-order valence-electron chi connectivity index (χ4n) is 3.21. The number of piperidine rings is 1. The molecule has 2 aromatic heterocycles. The molecule has 2 N–H and O–H groups in total. The molecule has 1 fully saturated rings. The molecule has 0 bridgehead atoms. The molecule has 3 aromatic rings. The SMILES string of the molecule is Nn1c(S[C@@H](C(=O)N2CCCCC2)c2ccccc2)nnc1-c1cccs1. The van der Waals surface area contributed by atoms with Gasteiger partial charge in [0.15, 0.2) is 5.82 Å². The lowest BCUT2D eigenvalue weighted by Crippen LogP contribution is -2.38. The van der Waals surface area contributed by atoms with Crippen molar-refractivity contribution in [2.24, 2.45) is 0 Å². The molecule has 1 aliphatic rings. The maximum atomic E-state index is 13.3. The predicted molar refractivity (Wildman–Crippen MR) is 109 cm³/mol. The highest BCUT2D eigenvalue weighted by Crippen LogP contribution is 2.37. The number of hydrogen-bond donors (Lipinski definition) is 1. The van der Waals surface area contributed by atoms with E-state index < -0.39 is 0 Å². The third-order valence-corrected chi connectivity index (χ3v) is 6.69. The molecule has 1 aromatic carbocycles. The van der Waals surface area contributed by atoms with Crippen molar-refractivity contribution < 1.29 is 4.79 Å². The van der Waals surface area contributed by atoms with Crippen LogP contribution in [0.15, 0.2) is 53.0 Å². The zero-order valence-electron chi connectivity index (χ0n) is 14.8. The first kappa shape index (κ1) is 18.1. The van der Waals surface area contributed by atoms with Gasteiger partial charge in [0.25, 0.3) is 0 Å². The van der Waals surface area contributed by atoms with Crippen LogP contribution in [0, 0.1) is 0 Å². The van der Waals surface area contributed by atoms with E-state index in [0.29, 0.717) is 11.0 Å². The van der Waals surface area contributed by atoms with Gasteiger partial charge in [-0.3, -0.25) is 4.79 Å². The number of nitrogens with two attached hydrogens (primary N) is 1. The summed E-state index contributed by atoms with van der Waals surface area (Å²) in [6.07, 6.45) is 3.31. The highest BCUT2D eigenvalue weighted by Gasteiger charge is 2.30. The molecule has 1 saturated heterocycles. The summed E-state index contributed by atoms with van der Waals surface area (Å²) in [5.41, 5.74) is 0.957. The summed E-state index contributed by atoms with van der Waals surface area (Å²) in [4.78, 5) is 16.2. The van der Waals surface area contributed by atoms with Crippen LogP contribution in [-0.2, 0) is 4.79 Å². The molecule has 0 aliphatic carbocycles. The fraction of sp³-hybridized carbons (Fsp3) is 0.316. The molecule has 1 aliphatic heterocycles. The Balaban J connectivity index is 1.63. The van der Waals surface area contributed by atoms with Crippen LogP contribution in [0.3, 0.4) is 0 Å². The van der Waals surface area contributed by atoms with Crippen molar-refractivity contribution in [1.29, 1.82) is 0 Å². The molecule has 1 atom stereocenters. The van der Waals surface area contributed by atoms with Gasteiger partial charge in [0.05, 0.1) is 4.88 Å². The zero-order chi connectivity index (χ0) is 18.6. The molecule has 6 nitrogen and oxygen atoms in total. The number of aromatic nitrogens is 3. The number of thioether (sulfide) groups is 1. The maximum absolute atomic E-state index is 13.3. The van der Waals surface area contributed by atoms with Crippen molar-refractivity contribution in [2.45, 2.75) is 29.7 Å². The van der Waals surface area contributed by atoms with Crippen molar-refractivity contribution in [3.05, 3.63) is 53.4 Å². The minimum Gasteiger partial charge on any atom is -0.341 e. The predicted octanol–water partition coefficient (Wildman–Crippen LogP) is 3.57. The van der Waals surface area contributed by atoms with Gasteiger partial charge >= 0.3 is 0 Å². The second kappa shape index (κ2) is 8.14. The number of rotatable bonds is 5. The standard InChI is InChI=1S/C19H21N5OS2/c20-24-17(15-10-7-13-26-15)21-22-19(24)27-16(14-8-3-1-4-9-14)18(25)23-11-5-2-6-12-23/h1,3-4,7-10,13,16H,2,5-6,11-12,20H2/t16-/m1/s1. The van der Waals surface area contributed by atoms with Crippen LogP contribution in [0.5, 0.6) is 0 Å². The average Bonchev–Trinajstić information content (AvgIpc) is 3.37. The molecule has 0 spiro atoms. The Morgan fingerprint density at radius 2 is 1.85 bits per heavy atom. The van der Waals surface area contributed by atoms with Crippen LogP contribution < -0.4 is 5.84 Å². The Labute approximate surface area is 166 Å². The number of benzene rings is 1. The van der Waals surface area contributed by atoms with Crippen LogP contribution in [0.4, 0.5) is 0 Å². The molecular weight excluding hydrogens is 378 g/mol. The number of hydrogen-bond acceptors (Lipinski definition) is 6. The average molecular weight is 400 g/mol. The highest BCUT2D eigenvalue weighted by atomic mass is 32.2. The number of carbonyl (C=O) groups excluding carboxylic acids is 1. The second-order valence-electron chi connectivity index (χ2n) is 6.45. The minimum atomic E-state index is -0.382. The normalized spacial score (nSPS) is 15.6. The van der Waals surface area contributed by atoms with E-state index in [-0.39, 0.29) is 11.2 Å². The van der Waals surface area contributed by atoms with Gasteiger partial charge in [-0.15, -0.1) is 21.5 Å². The fourth-order valence-corrected chi connectivity index (χ4v) is 4.95. The Kier molecular flexibility index (Phi) is 5.45.